The number of allylic oxidation sites excluding steroid dienone is 1. The lowest BCUT2D eigenvalue weighted by Gasteiger charge is -2.05. The minimum absolute atomic E-state index is 0.429. The molecule has 1 aromatic rings. The minimum atomic E-state index is -0.429. The van der Waals surface area contributed by atoms with Crippen LogP contribution in [0, 0.1) is 6.92 Å². The van der Waals surface area contributed by atoms with E-state index < -0.39 is 6.10 Å². The van der Waals surface area contributed by atoms with Crippen LogP contribution in [0.15, 0.2) is 22.4 Å². The van der Waals surface area contributed by atoms with E-state index in [2.05, 4.69) is 5.38 Å². The Labute approximate surface area is 77.4 Å². The average molecular weight is 182 g/mol. The van der Waals surface area contributed by atoms with Gasteiger partial charge in [0, 0.05) is 0 Å². The molecule has 1 unspecified atom stereocenters. The first kappa shape index (κ1) is 9.49. The Balaban J connectivity index is 2.85. The van der Waals surface area contributed by atoms with Gasteiger partial charge in [-0.3, -0.25) is 0 Å². The molecule has 1 nitrogen and oxygen atoms in total. The van der Waals surface area contributed by atoms with Gasteiger partial charge in [0.1, 0.15) is 0 Å². The SMILES string of the molecule is CC(C)=CC(O)c1cscc1C. The first-order valence-electron chi connectivity index (χ1n) is 3.97. The van der Waals surface area contributed by atoms with E-state index in [-0.39, 0.29) is 0 Å². The molecule has 0 saturated carbocycles. The highest BCUT2D eigenvalue weighted by Gasteiger charge is 2.07. The van der Waals surface area contributed by atoms with Gasteiger partial charge in [0.2, 0.25) is 0 Å². The van der Waals surface area contributed by atoms with E-state index >= 15 is 0 Å². The molecule has 0 spiro atoms. The standard InChI is InChI=1S/C10H14OS/c1-7(2)4-10(11)9-6-12-5-8(9)3/h4-6,10-11H,1-3H3. The number of thiophene rings is 1. The molecule has 12 heavy (non-hydrogen) atoms. The van der Waals surface area contributed by atoms with Crippen LogP contribution in [0.2, 0.25) is 0 Å². The van der Waals surface area contributed by atoms with E-state index in [1.54, 1.807) is 11.3 Å². The Bertz CT molecular complexity index is 282. The van der Waals surface area contributed by atoms with E-state index in [1.165, 1.54) is 5.56 Å². The second-order valence-electron chi connectivity index (χ2n) is 3.20. The predicted molar refractivity (Wildman–Crippen MR) is 53.4 cm³/mol. The van der Waals surface area contributed by atoms with Crippen molar-refractivity contribution in [2.24, 2.45) is 0 Å². The number of rotatable bonds is 2. The summed E-state index contributed by atoms with van der Waals surface area (Å²) in [6.45, 7) is 6.00. The lowest BCUT2D eigenvalue weighted by Crippen LogP contribution is -1.93. The molecule has 1 rings (SSSR count). The van der Waals surface area contributed by atoms with Crippen molar-refractivity contribution in [2.45, 2.75) is 26.9 Å². The first-order chi connectivity index (χ1) is 5.61. The summed E-state index contributed by atoms with van der Waals surface area (Å²) >= 11 is 1.63. The van der Waals surface area contributed by atoms with Crippen LogP contribution in [0.5, 0.6) is 0 Å². The molecule has 1 N–H and O–H groups in total. The summed E-state index contributed by atoms with van der Waals surface area (Å²) in [4.78, 5) is 0. The quantitative estimate of drug-likeness (QED) is 0.697. The number of aryl methyl sites for hydroxylation is 1. The van der Waals surface area contributed by atoms with E-state index in [1.807, 2.05) is 32.2 Å². The summed E-state index contributed by atoms with van der Waals surface area (Å²) in [7, 11) is 0. The molecule has 66 valence electrons. The fraction of sp³-hybridized carbons (Fsp3) is 0.400. The highest BCUT2D eigenvalue weighted by atomic mass is 32.1. The van der Waals surface area contributed by atoms with Crippen molar-refractivity contribution in [3.8, 4) is 0 Å². The van der Waals surface area contributed by atoms with E-state index in [4.69, 9.17) is 0 Å². The lowest BCUT2D eigenvalue weighted by molar-refractivity contribution is 0.227. The van der Waals surface area contributed by atoms with Crippen LogP contribution < -0.4 is 0 Å². The predicted octanol–water partition coefficient (Wildman–Crippen LogP) is 3.06. The zero-order valence-electron chi connectivity index (χ0n) is 7.66. The van der Waals surface area contributed by atoms with Crippen molar-refractivity contribution in [3.05, 3.63) is 33.5 Å². The molecule has 0 aliphatic rings. The van der Waals surface area contributed by atoms with E-state index in [0.29, 0.717) is 0 Å². The Morgan fingerprint density at radius 1 is 1.50 bits per heavy atom. The molecular formula is C10H14OS. The summed E-state index contributed by atoms with van der Waals surface area (Å²) in [5, 5.41) is 13.7. The second kappa shape index (κ2) is 3.87. The fourth-order valence-corrected chi connectivity index (χ4v) is 1.96. The van der Waals surface area contributed by atoms with Crippen LogP contribution in [-0.4, -0.2) is 5.11 Å². The maximum atomic E-state index is 9.69. The Morgan fingerprint density at radius 3 is 2.58 bits per heavy atom. The molecule has 0 amide bonds. The van der Waals surface area contributed by atoms with Crippen LogP contribution >= 0.6 is 11.3 Å². The van der Waals surface area contributed by atoms with Crippen LogP contribution in [0.25, 0.3) is 0 Å². The molecule has 0 fully saturated rings. The molecule has 0 aromatic carbocycles. The van der Waals surface area contributed by atoms with Gasteiger partial charge in [0.05, 0.1) is 6.10 Å². The monoisotopic (exact) mass is 182 g/mol. The third-order valence-corrected chi connectivity index (χ3v) is 2.58. The summed E-state index contributed by atoms with van der Waals surface area (Å²) < 4.78 is 0. The second-order valence-corrected chi connectivity index (χ2v) is 3.94. The summed E-state index contributed by atoms with van der Waals surface area (Å²) in [6.07, 6.45) is 1.44. The highest BCUT2D eigenvalue weighted by Crippen LogP contribution is 2.23. The smallest absolute Gasteiger partial charge is 0.0984 e. The summed E-state index contributed by atoms with van der Waals surface area (Å²) in [5.41, 5.74) is 3.35. The van der Waals surface area contributed by atoms with Gasteiger partial charge in [-0.1, -0.05) is 11.6 Å². The maximum absolute atomic E-state index is 9.69. The fourth-order valence-electron chi connectivity index (χ4n) is 1.08. The van der Waals surface area contributed by atoms with Crippen molar-refractivity contribution >= 4 is 11.3 Å². The number of hydrogen-bond acceptors (Lipinski definition) is 2. The molecule has 0 bridgehead atoms. The van der Waals surface area contributed by atoms with E-state index in [0.717, 1.165) is 11.1 Å². The number of aliphatic hydroxyl groups is 1. The molecule has 0 aliphatic heterocycles. The molecular weight excluding hydrogens is 168 g/mol. The number of hydrogen-bond donors (Lipinski definition) is 1. The first-order valence-corrected chi connectivity index (χ1v) is 4.91. The van der Waals surface area contributed by atoms with Crippen LogP contribution in [0.3, 0.4) is 0 Å². The molecule has 0 radical (unpaired) electrons. The third kappa shape index (κ3) is 2.19. The maximum Gasteiger partial charge on any atom is 0.0984 e. The van der Waals surface area contributed by atoms with Gasteiger partial charge in [-0.25, -0.2) is 0 Å². The highest BCUT2D eigenvalue weighted by molar-refractivity contribution is 7.08. The van der Waals surface area contributed by atoms with Gasteiger partial charge in [-0.2, -0.15) is 11.3 Å². The molecule has 0 saturated heterocycles. The zero-order valence-corrected chi connectivity index (χ0v) is 8.48. The Morgan fingerprint density at radius 2 is 2.17 bits per heavy atom. The van der Waals surface area contributed by atoms with Gasteiger partial charge >= 0.3 is 0 Å². The molecule has 0 aliphatic carbocycles. The van der Waals surface area contributed by atoms with Gasteiger partial charge < -0.3 is 5.11 Å². The molecule has 2 heteroatoms. The van der Waals surface area contributed by atoms with Gasteiger partial charge in [-0.15, -0.1) is 0 Å². The van der Waals surface area contributed by atoms with Crippen LogP contribution in [0.4, 0.5) is 0 Å². The van der Waals surface area contributed by atoms with E-state index in [9.17, 15) is 5.11 Å². The van der Waals surface area contributed by atoms with Gasteiger partial charge in [0.15, 0.2) is 0 Å². The Kier molecular flexibility index (Phi) is 3.06. The largest absolute Gasteiger partial charge is 0.384 e. The topological polar surface area (TPSA) is 20.2 Å². The third-order valence-electron chi connectivity index (χ3n) is 1.71. The van der Waals surface area contributed by atoms with Gasteiger partial charge in [-0.05, 0) is 42.7 Å². The van der Waals surface area contributed by atoms with Crippen molar-refractivity contribution in [1.29, 1.82) is 0 Å². The van der Waals surface area contributed by atoms with Crippen LogP contribution in [-0.2, 0) is 0 Å². The average Bonchev–Trinajstić information content (AvgIpc) is 2.33. The summed E-state index contributed by atoms with van der Waals surface area (Å²) in [5.74, 6) is 0. The lowest BCUT2D eigenvalue weighted by atomic mass is 10.1. The Hall–Kier alpha value is -0.600. The molecule has 1 aromatic heterocycles. The molecule has 1 heterocycles. The normalized spacial score (nSPS) is 12.7. The number of aliphatic hydroxyl groups excluding tert-OH is 1. The summed E-state index contributed by atoms with van der Waals surface area (Å²) in [6, 6.07) is 0. The van der Waals surface area contributed by atoms with Crippen molar-refractivity contribution in [2.75, 3.05) is 0 Å². The van der Waals surface area contributed by atoms with Crippen molar-refractivity contribution in [3.63, 3.8) is 0 Å². The zero-order chi connectivity index (χ0) is 9.14. The molecule has 1 atom stereocenters. The van der Waals surface area contributed by atoms with Gasteiger partial charge in [0.25, 0.3) is 0 Å². The van der Waals surface area contributed by atoms with Crippen molar-refractivity contribution < 1.29 is 5.11 Å². The van der Waals surface area contributed by atoms with Crippen molar-refractivity contribution in [1.82, 2.24) is 0 Å². The van der Waals surface area contributed by atoms with Crippen LogP contribution in [0.1, 0.15) is 31.1 Å². The minimum Gasteiger partial charge on any atom is -0.384 e.